The summed E-state index contributed by atoms with van der Waals surface area (Å²) in [5.41, 5.74) is 6.19. The first-order valence-corrected chi connectivity index (χ1v) is 4.60. The van der Waals surface area contributed by atoms with E-state index >= 15 is 0 Å². The zero-order valence-electron chi connectivity index (χ0n) is 8.09. The zero-order chi connectivity index (χ0) is 10.5. The molecule has 5 heteroatoms. The van der Waals surface area contributed by atoms with Crippen LogP contribution in [-0.4, -0.2) is 23.3 Å². The summed E-state index contributed by atoms with van der Waals surface area (Å²) in [7, 11) is 0. The van der Waals surface area contributed by atoms with Crippen molar-refractivity contribution in [3.05, 3.63) is 30.6 Å². The summed E-state index contributed by atoms with van der Waals surface area (Å²) in [4.78, 5) is 3.94. The molecule has 0 amide bonds. The number of hydrogen-bond acceptors (Lipinski definition) is 5. The predicted molar refractivity (Wildman–Crippen MR) is 54.3 cm³/mol. The van der Waals surface area contributed by atoms with Crippen LogP contribution in [0.3, 0.4) is 0 Å². The van der Waals surface area contributed by atoms with Crippen LogP contribution in [-0.2, 0) is 0 Å². The van der Waals surface area contributed by atoms with E-state index in [4.69, 9.17) is 15.0 Å². The van der Waals surface area contributed by atoms with Crippen molar-refractivity contribution in [3.8, 4) is 17.2 Å². The van der Waals surface area contributed by atoms with Gasteiger partial charge in [0.1, 0.15) is 12.4 Å². The molecule has 0 radical (unpaired) electrons. The van der Waals surface area contributed by atoms with Crippen LogP contribution in [0, 0.1) is 0 Å². The Morgan fingerprint density at radius 1 is 1.27 bits per heavy atom. The van der Waals surface area contributed by atoms with E-state index in [1.807, 2.05) is 24.3 Å². The molecule has 0 aliphatic heterocycles. The average Bonchev–Trinajstić information content (AvgIpc) is 2.80. The molecule has 0 saturated heterocycles. The van der Waals surface area contributed by atoms with Gasteiger partial charge < -0.3 is 15.0 Å². The molecule has 2 N–H and O–H groups in total. The topological polar surface area (TPSA) is 74.2 Å². The van der Waals surface area contributed by atoms with Crippen LogP contribution in [0.1, 0.15) is 0 Å². The Morgan fingerprint density at radius 2 is 2.07 bits per heavy atom. The van der Waals surface area contributed by atoms with Crippen LogP contribution in [0.25, 0.3) is 11.5 Å². The molecule has 0 fully saturated rings. The lowest BCUT2D eigenvalue weighted by Gasteiger charge is -2.03. The van der Waals surface area contributed by atoms with E-state index in [1.54, 1.807) is 0 Å². The van der Waals surface area contributed by atoms with Gasteiger partial charge in [-0.25, -0.2) is 0 Å². The first-order chi connectivity index (χ1) is 7.40. The summed E-state index contributed by atoms with van der Waals surface area (Å²) in [5.74, 6) is 1.28. The molecule has 0 bridgehead atoms. The van der Waals surface area contributed by atoms with E-state index in [-0.39, 0.29) is 0 Å². The molecule has 5 nitrogen and oxygen atoms in total. The fourth-order valence-electron chi connectivity index (χ4n) is 1.17. The van der Waals surface area contributed by atoms with Crippen molar-refractivity contribution in [1.82, 2.24) is 10.1 Å². The van der Waals surface area contributed by atoms with E-state index in [2.05, 4.69) is 10.1 Å². The number of hydrogen-bond donors (Lipinski definition) is 1. The molecule has 1 aromatic carbocycles. The smallest absolute Gasteiger partial charge is 0.257 e. The summed E-state index contributed by atoms with van der Waals surface area (Å²) in [5, 5.41) is 3.54. The number of aromatic nitrogens is 2. The fraction of sp³-hybridized carbons (Fsp3) is 0.200. The first kappa shape index (κ1) is 9.67. The highest BCUT2D eigenvalue weighted by atomic mass is 16.5. The van der Waals surface area contributed by atoms with Gasteiger partial charge >= 0.3 is 0 Å². The Morgan fingerprint density at radius 3 is 2.67 bits per heavy atom. The van der Waals surface area contributed by atoms with Crippen LogP contribution < -0.4 is 10.5 Å². The Kier molecular flexibility index (Phi) is 2.94. The summed E-state index contributed by atoms with van der Waals surface area (Å²) >= 11 is 0. The van der Waals surface area contributed by atoms with Crippen LogP contribution in [0.4, 0.5) is 0 Å². The van der Waals surface area contributed by atoms with E-state index < -0.39 is 0 Å². The van der Waals surface area contributed by atoms with Crippen molar-refractivity contribution in [3.63, 3.8) is 0 Å². The van der Waals surface area contributed by atoms with Crippen LogP contribution >= 0.6 is 0 Å². The second kappa shape index (κ2) is 4.56. The van der Waals surface area contributed by atoms with Gasteiger partial charge in [-0.3, -0.25) is 0 Å². The molecule has 2 aromatic rings. The Labute approximate surface area is 86.9 Å². The minimum Gasteiger partial charge on any atom is -0.492 e. The standard InChI is InChI=1S/C10H11N3O2/c11-5-6-14-9-3-1-8(2-4-9)10-12-7-13-15-10/h1-4,7H,5-6,11H2. The van der Waals surface area contributed by atoms with Gasteiger partial charge in [0.25, 0.3) is 5.89 Å². The third kappa shape index (κ3) is 2.32. The van der Waals surface area contributed by atoms with Crippen molar-refractivity contribution in [1.29, 1.82) is 0 Å². The van der Waals surface area contributed by atoms with Crippen molar-refractivity contribution < 1.29 is 9.26 Å². The molecule has 1 aromatic heterocycles. The normalized spacial score (nSPS) is 10.2. The zero-order valence-corrected chi connectivity index (χ0v) is 8.09. The first-order valence-electron chi connectivity index (χ1n) is 4.60. The minimum atomic E-state index is 0.500. The Hall–Kier alpha value is -1.88. The molecule has 0 atom stereocenters. The highest BCUT2D eigenvalue weighted by molar-refractivity contribution is 5.53. The van der Waals surface area contributed by atoms with E-state index in [0.29, 0.717) is 19.0 Å². The molecule has 0 aliphatic carbocycles. The van der Waals surface area contributed by atoms with Crippen molar-refractivity contribution in [2.24, 2.45) is 5.73 Å². The third-order valence-electron chi connectivity index (χ3n) is 1.85. The van der Waals surface area contributed by atoms with Gasteiger partial charge in [0.15, 0.2) is 6.33 Å². The fourth-order valence-corrected chi connectivity index (χ4v) is 1.17. The van der Waals surface area contributed by atoms with Crippen molar-refractivity contribution >= 4 is 0 Å². The molecule has 1 heterocycles. The largest absolute Gasteiger partial charge is 0.492 e. The van der Waals surface area contributed by atoms with Crippen molar-refractivity contribution in [2.45, 2.75) is 0 Å². The molecule has 0 spiro atoms. The molecule has 0 aliphatic rings. The van der Waals surface area contributed by atoms with Gasteiger partial charge in [0, 0.05) is 12.1 Å². The van der Waals surface area contributed by atoms with Gasteiger partial charge in [-0.05, 0) is 24.3 Å². The molecule has 78 valence electrons. The highest BCUT2D eigenvalue weighted by Crippen LogP contribution is 2.19. The molecular weight excluding hydrogens is 194 g/mol. The molecule has 15 heavy (non-hydrogen) atoms. The maximum absolute atomic E-state index is 5.34. The van der Waals surface area contributed by atoms with Gasteiger partial charge in [-0.2, -0.15) is 4.98 Å². The Balaban J connectivity index is 2.11. The second-order valence-electron chi connectivity index (χ2n) is 2.91. The van der Waals surface area contributed by atoms with E-state index in [1.165, 1.54) is 6.33 Å². The lowest BCUT2D eigenvalue weighted by atomic mass is 10.2. The summed E-state index contributed by atoms with van der Waals surface area (Å²) in [6.45, 7) is 1.02. The maximum Gasteiger partial charge on any atom is 0.257 e. The monoisotopic (exact) mass is 205 g/mol. The lowest BCUT2D eigenvalue weighted by molar-refractivity contribution is 0.328. The lowest BCUT2D eigenvalue weighted by Crippen LogP contribution is -2.10. The van der Waals surface area contributed by atoms with Crippen LogP contribution in [0.2, 0.25) is 0 Å². The summed E-state index contributed by atoms with van der Waals surface area (Å²) in [6.07, 6.45) is 1.37. The average molecular weight is 205 g/mol. The summed E-state index contributed by atoms with van der Waals surface area (Å²) in [6, 6.07) is 7.41. The maximum atomic E-state index is 5.34. The number of rotatable bonds is 4. The van der Waals surface area contributed by atoms with Crippen LogP contribution in [0.5, 0.6) is 5.75 Å². The van der Waals surface area contributed by atoms with Crippen LogP contribution in [0.15, 0.2) is 35.1 Å². The highest BCUT2D eigenvalue weighted by Gasteiger charge is 2.02. The van der Waals surface area contributed by atoms with E-state index in [0.717, 1.165) is 11.3 Å². The number of nitrogens with zero attached hydrogens (tertiary/aromatic N) is 2. The van der Waals surface area contributed by atoms with Gasteiger partial charge in [-0.15, -0.1) is 0 Å². The van der Waals surface area contributed by atoms with Crippen molar-refractivity contribution in [2.75, 3.05) is 13.2 Å². The third-order valence-corrected chi connectivity index (χ3v) is 1.85. The van der Waals surface area contributed by atoms with Gasteiger partial charge in [0.2, 0.25) is 0 Å². The quantitative estimate of drug-likeness (QED) is 0.808. The minimum absolute atomic E-state index is 0.500. The summed E-state index contributed by atoms with van der Waals surface area (Å²) < 4.78 is 10.3. The number of ether oxygens (including phenoxy) is 1. The SMILES string of the molecule is NCCOc1ccc(-c2ncno2)cc1. The molecular formula is C10H11N3O2. The number of benzene rings is 1. The van der Waals surface area contributed by atoms with E-state index in [9.17, 15) is 0 Å². The molecule has 0 saturated carbocycles. The second-order valence-corrected chi connectivity index (χ2v) is 2.91. The predicted octanol–water partition coefficient (Wildman–Crippen LogP) is 1.07. The van der Waals surface area contributed by atoms with Gasteiger partial charge in [-0.1, -0.05) is 5.16 Å². The number of nitrogens with two attached hydrogens (primary N) is 1. The molecule has 2 rings (SSSR count). The van der Waals surface area contributed by atoms with Gasteiger partial charge in [0.05, 0.1) is 0 Å². The Bertz CT molecular complexity index is 397. The molecule has 0 unspecified atom stereocenters.